The third kappa shape index (κ3) is 4.97. The number of piperidine rings is 1. The number of hydrogen-bond acceptors (Lipinski definition) is 2. The average Bonchev–Trinajstić information content (AvgIpc) is 2.68. The molecule has 2 aromatic carbocycles. The summed E-state index contributed by atoms with van der Waals surface area (Å²) in [5.41, 5.74) is 2.94. The molecule has 2 aromatic rings. The summed E-state index contributed by atoms with van der Waals surface area (Å²) in [6.45, 7) is 4.74. The van der Waals surface area contributed by atoms with Crippen LogP contribution in [0.2, 0.25) is 0 Å². The van der Waals surface area contributed by atoms with Crippen LogP contribution in [-0.4, -0.2) is 29.3 Å². The molecule has 1 aliphatic rings. The molecule has 0 aliphatic carbocycles. The Morgan fingerprint density at radius 1 is 1.04 bits per heavy atom. The predicted octanol–water partition coefficient (Wildman–Crippen LogP) is 4.72. The van der Waals surface area contributed by atoms with E-state index in [-0.39, 0.29) is 17.9 Å². The van der Waals surface area contributed by atoms with Crippen molar-refractivity contribution in [2.45, 2.75) is 45.6 Å². The van der Waals surface area contributed by atoms with E-state index in [2.05, 4.69) is 5.32 Å². The highest BCUT2D eigenvalue weighted by molar-refractivity contribution is 5.97. The van der Waals surface area contributed by atoms with E-state index < -0.39 is 0 Å². The maximum absolute atomic E-state index is 12.9. The van der Waals surface area contributed by atoms with E-state index in [1.54, 1.807) is 4.90 Å². The zero-order chi connectivity index (χ0) is 19.2. The Bertz CT molecular complexity index is 786. The lowest BCUT2D eigenvalue weighted by molar-refractivity contribution is -0.141. The molecule has 2 amide bonds. The van der Waals surface area contributed by atoms with Gasteiger partial charge in [0.25, 0.3) is 0 Å². The van der Waals surface area contributed by atoms with Crippen LogP contribution in [0, 0.1) is 5.92 Å². The topological polar surface area (TPSA) is 49.4 Å². The largest absolute Gasteiger partial charge is 0.331 e. The molecule has 4 nitrogen and oxygen atoms in total. The maximum atomic E-state index is 12.9. The summed E-state index contributed by atoms with van der Waals surface area (Å²) in [7, 11) is 0. The van der Waals surface area contributed by atoms with Crippen LogP contribution in [0.15, 0.2) is 54.6 Å². The van der Waals surface area contributed by atoms with Crippen LogP contribution < -0.4 is 5.32 Å². The molecule has 142 valence electrons. The lowest BCUT2D eigenvalue weighted by atomic mass is 9.99. The fraction of sp³-hybridized carbons (Fsp3) is 0.391. The summed E-state index contributed by atoms with van der Waals surface area (Å²) in [5, 5.41) is 3.03. The molecule has 1 fully saturated rings. The molecule has 1 aliphatic heterocycles. The molecule has 0 aromatic heterocycles. The lowest BCUT2D eigenvalue weighted by Gasteiger charge is -2.35. The molecular weight excluding hydrogens is 336 g/mol. The van der Waals surface area contributed by atoms with E-state index in [9.17, 15) is 9.59 Å². The van der Waals surface area contributed by atoms with Crippen molar-refractivity contribution in [2.75, 3.05) is 11.9 Å². The fourth-order valence-electron chi connectivity index (χ4n) is 3.60. The smallest absolute Gasteiger partial charge is 0.247 e. The van der Waals surface area contributed by atoms with E-state index in [0.29, 0.717) is 18.9 Å². The number of rotatable bonds is 5. The van der Waals surface area contributed by atoms with Crippen molar-refractivity contribution in [1.29, 1.82) is 0 Å². The summed E-state index contributed by atoms with van der Waals surface area (Å²) >= 11 is 0. The van der Waals surface area contributed by atoms with Gasteiger partial charge in [0.2, 0.25) is 11.8 Å². The Labute approximate surface area is 161 Å². The maximum Gasteiger partial charge on any atom is 0.247 e. The number of anilines is 1. The first-order valence-corrected chi connectivity index (χ1v) is 9.80. The number of likely N-dealkylation sites (tertiary alicyclic amines) is 1. The number of nitrogens with one attached hydrogen (secondary N) is 1. The van der Waals surface area contributed by atoms with Gasteiger partial charge < -0.3 is 10.2 Å². The number of benzene rings is 2. The molecule has 27 heavy (non-hydrogen) atoms. The third-order valence-electron chi connectivity index (χ3n) is 4.95. The molecule has 0 bridgehead atoms. The zero-order valence-corrected chi connectivity index (χ0v) is 16.2. The van der Waals surface area contributed by atoms with E-state index in [0.717, 1.165) is 36.1 Å². The number of carbonyl (C=O) groups is 2. The Hall–Kier alpha value is -2.62. The van der Waals surface area contributed by atoms with Crippen LogP contribution >= 0.6 is 0 Å². The van der Waals surface area contributed by atoms with E-state index in [1.165, 1.54) is 0 Å². The van der Waals surface area contributed by atoms with E-state index in [1.807, 2.05) is 68.4 Å². The van der Waals surface area contributed by atoms with Crippen molar-refractivity contribution < 1.29 is 9.59 Å². The van der Waals surface area contributed by atoms with Gasteiger partial charge in [-0.3, -0.25) is 9.59 Å². The third-order valence-corrected chi connectivity index (χ3v) is 4.95. The summed E-state index contributed by atoms with van der Waals surface area (Å²) in [6.07, 6.45) is 3.17. The number of hydrogen-bond donors (Lipinski definition) is 1. The SMILES string of the molecule is CC(C)CC(=O)N1CCCCC1C(=O)Nc1cccc(-c2ccccc2)c1. The Morgan fingerprint density at radius 2 is 1.78 bits per heavy atom. The summed E-state index contributed by atoms with van der Waals surface area (Å²) in [4.78, 5) is 27.2. The first-order chi connectivity index (χ1) is 13.0. The molecule has 1 atom stereocenters. The highest BCUT2D eigenvalue weighted by atomic mass is 16.2. The van der Waals surface area contributed by atoms with Gasteiger partial charge in [0.05, 0.1) is 0 Å². The summed E-state index contributed by atoms with van der Waals surface area (Å²) < 4.78 is 0. The zero-order valence-electron chi connectivity index (χ0n) is 16.2. The predicted molar refractivity (Wildman–Crippen MR) is 109 cm³/mol. The number of nitrogens with zero attached hydrogens (tertiary/aromatic N) is 1. The first-order valence-electron chi connectivity index (χ1n) is 9.80. The minimum Gasteiger partial charge on any atom is -0.331 e. The van der Waals surface area contributed by atoms with Crippen molar-refractivity contribution >= 4 is 17.5 Å². The van der Waals surface area contributed by atoms with Gasteiger partial charge >= 0.3 is 0 Å². The van der Waals surface area contributed by atoms with Crippen molar-refractivity contribution in [1.82, 2.24) is 4.90 Å². The van der Waals surface area contributed by atoms with Gasteiger partial charge in [0.15, 0.2) is 0 Å². The second kappa shape index (κ2) is 8.85. The van der Waals surface area contributed by atoms with Gasteiger partial charge in [-0.1, -0.05) is 56.3 Å². The van der Waals surface area contributed by atoms with Gasteiger partial charge in [-0.05, 0) is 48.4 Å². The van der Waals surface area contributed by atoms with Crippen molar-refractivity contribution in [2.24, 2.45) is 5.92 Å². The Kier molecular flexibility index (Phi) is 6.28. The molecule has 0 spiro atoms. The van der Waals surface area contributed by atoms with Gasteiger partial charge in [-0.25, -0.2) is 0 Å². The van der Waals surface area contributed by atoms with Crippen molar-refractivity contribution in [3.63, 3.8) is 0 Å². The molecular formula is C23H28N2O2. The first kappa shape index (κ1) is 19.2. The highest BCUT2D eigenvalue weighted by Gasteiger charge is 2.32. The minimum atomic E-state index is -0.370. The van der Waals surface area contributed by atoms with Crippen LogP contribution in [0.3, 0.4) is 0 Å². The molecule has 1 heterocycles. The minimum absolute atomic E-state index is 0.0860. The molecule has 4 heteroatoms. The summed E-state index contributed by atoms with van der Waals surface area (Å²) in [6, 6.07) is 17.6. The Morgan fingerprint density at radius 3 is 2.52 bits per heavy atom. The number of carbonyl (C=O) groups excluding carboxylic acids is 2. The van der Waals surface area contributed by atoms with Gasteiger partial charge in [-0.15, -0.1) is 0 Å². The van der Waals surface area contributed by atoms with Gasteiger partial charge in [0.1, 0.15) is 6.04 Å². The van der Waals surface area contributed by atoms with Crippen LogP contribution in [0.5, 0.6) is 0 Å². The molecule has 1 N–H and O–H groups in total. The number of amides is 2. The molecule has 3 rings (SSSR count). The lowest BCUT2D eigenvalue weighted by Crippen LogP contribution is -2.50. The average molecular weight is 364 g/mol. The van der Waals surface area contributed by atoms with E-state index in [4.69, 9.17) is 0 Å². The fourth-order valence-corrected chi connectivity index (χ4v) is 3.60. The van der Waals surface area contributed by atoms with E-state index >= 15 is 0 Å². The second-order valence-electron chi connectivity index (χ2n) is 7.63. The van der Waals surface area contributed by atoms with Crippen LogP contribution in [-0.2, 0) is 9.59 Å². The Balaban J connectivity index is 1.73. The van der Waals surface area contributed by atoms with Crippen LogP contribution in [0.4, 0.5) is 5.69 Å². The quantitative estimate of drug-likeness (QED) is 0.834. The van der Waals surface area contributed by atoms with Gasteiger partial charge in [0, 0.05) is 18.7 Å². The van der Waals surface area contributed by atoms with Crippen LogP contribution in [0.25, 0.3) is 11.1 Å². The van der Waals surface area contributed by atoms with Crippen molar-refractivity contribution in [3.05, 3.63) is 54.6 Å². The normalized spacial score (nSPS) is 17.0. The molecule has 0 saturated carbocycles. The molecule has 0 radical (unpaired) electrons. The van der Waals surface area contributed by atoms with Crippen LogP contribution in [0.1, 0.15) is 39.5 Å². The monoisotopic (exact) mass is 364 g/mol. The van der Waals surface area contributed by atoms with Crippen molar-refractivity contribution in [3.8, 4) is 11.1 Å². The summed E-state index contributed by atoms with van der Waals surface area (Å²) in [5.74, 6) is 0.297. The second-order valence-corrected chi connectivity index (χ2v) is 7.63. The highest BCUT2D eigenvalue weighted by Crippen LogP contribution is 2.24. The standard InChI is InChI=1S/C23H28N2O2/c1-17(2)15-22(26)25-14-7-6-13-21(25)23(27)24-20-12-8-11-19(16-20)18-9-4-3-5-10-18/h3-5,8-12,16-17,21H,6-7,13-15H2,1-2H3,(H,24,27). The van der Waals surface area contributed by atoms with Gasteiger partial charge in [-0.2, -0.15) is 0 Å². The molecule has 1 unspecified atom stereocenters. The molecule has 1 saturated heterocycles.